The Labute approximate surface area is 117 Å². The van der Waals surface area contributed by atoms with E-state index in [4.69, 9.17) is 5.73 Å². The highest BCUT2D eigenvalue weighted by molar-refractivity contribution is 9.10. The van der Waals surface area contributed by atoms with Crippen molar-refractivity contribution in [3.05, 3.63) is 34.9 Å². The van der Waals surface area contributed by atoms with E-state index in [-0.39, 0.29) is 0 Å². The van der Waals surface area contributed by atoms with Crippen LogP contribution >= 0.6 is 15.9 Å². The number of nitrogens with zero attached hydrogens (tertiary/aromatic N) is 4. The average Bonchev–Trinajstić information content (AvgIpc) is 3.01. The van der Waals surface area contributed by atoms with Gasteiger partial charge in [-0.05, 0) is 17.7 Å². The SMILES string of the molecule is Cn1nc(-c2cn[nH]n2)c(-c2ccc(Br)cc2)c1N. The van der Waals surface area contributed by atoms with Gasteiger partial charge >= 0.3 is 0 Å². The van der Waals surface area contributed by atoms with Crippen LogP contribution in [0.4, 0.5) is 5.82 Å². The summed E-state index contributed by atoms with van der Waals surface area (Å²) in [5.74, 6) is 0.598. The molecule has 96 valence electrons. The van der Waals surface area contributed by atoms with Crippen LogP contribution in [0.15, 0.2) is 34.9 Å². The van der Waals surface area contributed by atoms with Crippen LogP contribution in [0.3, 0.4) is 0 Å². The van der Waals surface area contributed by atoms with Crippen LogP contribution < -0.4 is 5.73 Å². The zero-order chi connectivity index (χ0) is 13.4. The zero-order valence-electron chi connectivity index (χ0n) is 10.1. The van der Waals surface area contributed by atoms with E-state index in [2.05, 4.69) is 36.4 Å². The Morgan fingerprint density at radius 1 is 1.26 bits per heavy atom. The standard InChI is InChI=1S/C12H11BrN6/c1-19-12(14)10(7-2-4-8(13)5-3-7)11(17-19)9-6-15-18-16-9/h2-6H,14H2,1H3,(H,15,16,18). The molecule has 0 amide bonds. The van der Waals surface area contributed by atoms with Crippen molar-refractivity contribution in [3.8, 4) is 22.5 Å². The molecule has 0 aliphatic carbocycles. The second-order valence-corrected chi connectivity index (χ2v) is 5.01. The van der Waals surface area contributed by atoms with E-state index in [1.54, 1.807) is 17.9 Å². The van der Waals surface area contributed by atoms with Crippen LogP contribution in [0.2, 0.25) is 0 Å². The first-order chi connectivity index (χ1) is 9.16. The van der Waals surface area contributed by atoms with E-state index in [0.29, 0.717) is 11.5 Å². The predicted molar refractivity (Wildman–Crippen MR) is 76.1 cm³/mol. The Hall–Kier alpha value is -2.15. The van der Waals surface area contributed by atoms with Gasteiger partial charge in [-0.2, -0.15) is 20.5 Å². The number of nitrogens with one attached hydrogen (secondary N) is 1. The fraction of sp³-hybridized carbons (Fsp3) is 0.0833. The molecule has 0 bridgehead atoms. The van der Waals surface area contributed by atoms with Gasteiger partial charge in [0.05, 0.1) is 11.8 Å². The summed E-state index contributed by atoms with van der Waals surface area (Å²) in [6.45, 7) is 0. The van der Waals surface area contributed by atoms with E-state index < -0.39 is 0 Å². The quantitative estimate of drug-likeness (QED) is 0.758. The van der Waals surface area contributed by atoms with E-state index in [9.17, 15) is 0 Å². The highest BCUT2D eigenvalue weighted by Gasteiger charge is 2.18. The fourth-order valence-corrected chi connectivity index (χ4v) is 2.20. The van der Waals surface area contributed by atoms with Crippen LogP contribution in [-0.4, -0.2) is 25.2 Å². The monoisotopic (exact) mass is 318 g/mol. The van der Waals surface area contributed by atoms with Crippen LogP contribution in [0.1, 0.15) is 0 Å². The summed E-state index contributed by atoms with van der Waals surface area (Å²) in [5.41, 5.74) is 9.36. The number of halogens is 1. The molecule has 0 radical (unpaired) electrons. The Morgan fingerprint density at radius 3 is 2.63 bits per heavy atom. The lowest BCUT2D eigenvalue weighted by molar-refractivity contribution is 0.781. The van der Waals surface area contributed by atoms with Crippen molar-refractivity contribution in [2.75, 3.05) is 5.73 Å². The Bertz CT molecular complexity index is 699. The van der Waals surface area contributed by atoms with Gasteiger partial charge in [0.15, 0.2) is 0 Å². The lowest BCUT2D eigenvalue weighted by Gasteiger charge is -2.02. The lowest BCUT2D eigenvalue weighted by atomic mass is 10.0. The van der Waals surface area contributed by atoms with Gasteiger partial charge in [0, 0.05) is 11.5 Å². The maximum absolute atomic E-state index is 6.11. The van der Waals surface area contributed by atoms with E-state index in [1.165, 1.54) is 0 Å². The maximum atomic E-state index is 6.11. The second-order valence-electron chi connectivity index (χ2n) is 4.09. The van der Waals surface area contributed by atoms with Crippen LogP contribution in [-0.2, 0) is 7.05 Å². The van der Waals surface area contributed by atoms with Gasteiger partial charge in [0.25, 0.3) is 0 Å². The molecule has 7 heteroatoms. The predicted octanol–water partition coefficient (Wildman–Crippen LogP) is 2.22. The van der Waals surface area contributed by atoms with E-state index in [0.717, 1.165) is 21.3 Å². The van der Waals surface area contributed by atoms with Crippen molar-refractivity contribution in [3.63, 3.8) is 0 Å². The molecule has 0 aliphatic rings. The minimum atomic E-state index is 0.598. The van der Waals surface area contributed by atoms with Gasteiger partial charge in [-0.1, -0.05) is 28.1 Å². The molecule has 1 aromatic carbocycles. The van der Waals surface area contributed by atoms with Crippen LogP contribution in [0.5, 0.6) is 0 Å². The number of aromatic nitrogens is 5. The number of hydrogen-bond acceptors (Lipinski definition) is 4. The summed E-state index contributed by atoms with van der Waals surface area (Å²) in [5, 5.41) is 14.9. The van der Waals surface area contributed by atoms with Gasteiger partial charge in [-0.3, -0.25) is 4.68 Å². The third-order valence-electron chi connectivity index (χ3n) is 2.88. The zero-order valence-corrected chi connectivity index (χ0v) is 11.7. The van der Waals surface area contributed by atoms with Crippen molar-refractivity contribution < 1.29 is 0 Å². The molecule has 3 N–H and O–H groups in total. The molecule has 6 nitrogen and oxygen atoms in total. The fourth-order valence-electron chi connectivity index (χ4n) is 1.93. The summed E-state index contributed by atoms with van der Waals surface area (Å²) >= 11 is 3.42. The number of rotatable bonds is 2. The first-order valence-electron chi connectivity index (χ1n) is 5.61. The topological polar surface area (TPSA) is 85.4 Å². The number of anilines is 1. The molecule has 0 spiro atoms. The highest BCUT2D eigenvalue weighted by Crippen LogP contribution is 2.35. The normalized spacial score (nSPS) is 10.8. The molecular weight excluding hydrogens is 308 g/mol. The molecule has 0 saturated heterocycles. The molecule has 2 heterocycles. The van der Waals surface area contributed by atoms with Gasteiger partial charge in [-0.25, -0.2) is 0 Å². The van der Waals surface area contributed by atoms with E-state index >= 15 is 0 Å². The molecule has 0 fully saturated rings. The molecule has 19 heavy (non-hydrogen) atoms. The number of aryl methyl sites for hydroxylation is 1. The first kappa shape index (κ1) is 11.9. The van der Waals surface area contributed by atoms with Crippen molar-refractivity contribution in [1.29, 1.82) is 0 Å². The Morgan fingerprint density at radius 2 is 2.00 bits per heavy atom. The molecule has 3 aromatic rings. The minimum absolute atomic E-state index is 0.598. The maximum Gasteiger partial charge on any atom is 0.133 e. The molecule has 2 aromatic heterocycles. The van der Waals surface area contributed by atoms with Crippen LogP contribution in [0, 0.1) is 0 Å². The number of H-pyrrole nitrogens is 1. The third kappa shape index (κ3) is 2.01. The second kappa shape index (κ2) is 4.51. The highest BCUT2D eigenvalue weighted by atomic mass is 79.9. The molecule has 0 aliphatic heterocycles. The first-order valence-corrected chi connectivity index (χ1v) is 6.40. The van der Waals surface area contributed by atoms with Gasteiger partial charge < -0.3 is 5.73 Å². The summed E-state index contributed by atoms with van der Waals surface area (Å²) < 4.78 is 2.66. The summed E-state index contributed by atoms with van der Waals surface area (Å²) in [6.07, 6.45) is 1.63. The number of hydrogen-bond donors (Lipinski definition) is 2. The van der Waals surface area contributed by atoms with Gasteiger partial charge in [0.1, 0.15) is 17.2 Å². The summed E-state index contributed by atoms with van der Waals surface area (Å²) in [6, 6.07) is 7.91. The molecule has 0 unspecified atom stereocenters. The average molecular weight is 319 g/mol. The Kier molecular flexibility index (Phi) is 2.83. The van der Waals surface area contributed by atoms with Gasteiger partial charge in [-0.15, -0.1) is 0 Å². The molecule has 3 rings (SSSR count). The third-order valence-corrected chi connectivity index (χ3v) is 3.41. The van der Waals surface area contributed by atoms with Crippen molar-refractivity contribution >= 4 is 21.7 Å². The van der Waals surface area contributed by atoms with E-state index in [1.807, 2.05) is 24.3 Å². The van der Waals surface area contributed by atoms with Crippen molar-refractivity contribution in [2.24, 2.45) is 7.05 Å². The van der Waals surface area contributed by atoms with Crippen molar-refractivity contribution in [2.45, 2.75) is 0 Å². The molecule has 0 saturated carbocycles. The van der Waals surface area contributed by atoms with Crippen molar-refractivity contribution in [1.82, 2.24) is 25.2 Å². The molecular formula is C12H11BrN6. The number of aromatic amines is 1. The van der Waals surface area contributed by atoms with Crippen LogP contribution in [0.25, 0.3) is 22.5 Å². The molecule has 0 atom stereocenters. The lowest BCUT2D eigenvalue weighted by Crippen LogP contribution is -1.97. The summed E-state index contributed by atoms with van der Waals surface area (Å²) in [7, 11) is 1.81. The summed E-state index contributed by atoms with van der Waals surface area (Å²) in [4.78, 5) is 0. The Balaban J connectivity index is 2.22. The minimum Gasteiger partial charge on any atom is -0.383 e. The number of nitrogen functional groups attached to an aromatic ring is 1. The largest absolute Gasteiger partial charge is 0.383 e. The number of benzene rings is 1. The smallest absolute Gasteiger partial charge is 0.133 e. The number of nitrogens with two attached hydrogens (primary N) is 1. The van der Waals surface area contributed by atoms with Gasteiger partial charge in [0.2, 0.25) is 0 Å².